The zero-order chi connectivity index (χ0) is 16.1. The molecule has 1 aliphatic rings. The minimum Gasteiger partial charge on any atom is -0.467 e. The SMILES string of the molecule is COc1nc(CNC(=O)CN2C(=O)CSC2=S)nc(OC)n1. The van der Waals surface area contributed by atoms with Gasteiger partial charge in [-0.3, -0.25) is 14.5 Å². The van der Waals surface area contributed by atoms with Crippen LogP contribution in [0.5, 0.6) is 12.0 Å². The van der Waals surface area contributed by atoms with Gasteiger partial charge in [0.2, 0.25) is 11.8 Å². The van der Waals surface area contributed by atoms with Crippen LogP contribution in [0.4, 0.5) is 0 Å². The lowest BCUT2D eigenvalue weighted by molar-refractivity contribution is -0.129. The van der Waals surface area contributed by atoms with Crippen molar-refractivity contribution in [3.8, 4) is 12.0 Å². The van der Waals surface area contributed by atoms with Gasteiger partial charge in [-0.1, -0.05) is 24.0 Å². The smallest absolute Gasteiger partial charge is 0.322 e. The Balaban J connectivity index is 1.93. The highest BCUT2D eigenvalue weighted by Gasteiger charge is 2.28. The maximum absolute atomic E-state index is 11.9. The van der Waals surface area contributed by atoms with E-state index in [9.17, 15) is 9.59 Å². The molecule has 1 aromatic heterocycles. The molecule has 2 amide bonds. The standard InChI is InChI=1S/C11H13N5O4S2/c1-19-9-13-6(14-10(15-9)20-2)3-12-7(17)4-16-8(18)5-22-11(16)21/h3-5H2,1-2H3,(H,12,17). The second-order valence-electron chi connectivity index (χ2n) is 4.04. The number of carbonyl (C=O) groups is 2. The Morgan fingerprint density at radius 2 is 1.95 bits per heavy atom. The van der Waals surface area contributed by atoms with Gasteiger partial charge in [0, 0.05) is 0 Å². The molecule has 0 aliphatic carbocycles. The molecule has 0 spiro atoms. The van der Waals surface area contributed by atoms with Gasteiger partial charge < -0.3 is 14.8 Å². The highest BCUT2D eigenvalue weighted by atomic mass is 32.2. The van der Waals surface area contributed by atoms with Gasteiger partial charge in [-0.2, -0.15) is 9.97 Å². The Morgan fingerprint density at radius 3 is 2.45 bits per heavy atom. The number of thiocarbonyl (C=S) groups is 1. The highest BCUT2D eigenvalue weighted by molar-refractivity contribution is 8.23. The Hall–Kier alpha value is -2.01. The number of amides is 2. The highest BCUT2D eigenvalue weighted by Crippen LogP contribution is 2.18. The summed E-state index contributed by atoms with van der Waals surface area (Å²) < 4.78 is 10.2. The predicted molar refractivity (Wildman–Crippen MR) is 81.5 cm³/mol. The Morgan fingerprint density at radius 1 is 1.32 bits per heavy atom. The second kappa shape index (κ2) is 7.31. The summed E-state index contributed by atoms with van der Waals surface area (Å²) in [4.78, 5) is 36.5. The maximum atomic E-state index is 11.9. The molecule has 0 radical (unpaired) electrons. The van der Waals surface area contributed by atoms with Crippen molar-refractivity contribution < 1.29 is 19.1 Å². The molecule has 0 unspecified atom stereocenters. The summed E-state index contributed by atoms with van der Waals surface area (Å²) in [5.74, 6) is 0.0143. The number of nitrogens with zero attached hydrogens (tertiary/aromatic N) is 4. The van der Waals surface area contributed by atoms with Crippen LogP contribution in [0.3, 0.4) is 0 Å². The summed E-state index contributed by atoms with van der Waals surface area (Å²) in [6.45, 7) is -0.0694. The van der Waals surface area contributed by atoms with Crippen molar-refractivity contribution in [3.05, 3.63) is 5.82 Å². The van der Waals surface area contributed by atoms with E-state index >= 15 is 0 Å². The molecule has 0 bridgehead atoms. The monoisotopic (exact) mass is 343 g/mol. The van der Waals surface area contributed by atoms with Gasteiger partial charge in [-0.05, 0) is 0 Å². The normalized spacial score (nSPS) is 14.2. The molecule has 118 valence electrons. The Labute approximate surface area is 135 Å². The van der Waals surface area contributed by atoms with Gasteiger partial charge >= 0.3 is 12.0 Å². The van der Waals surface area contributed by atoms with E-state index in [0.717, 1.165) is 0 Å². The molecule has 1 aliphatic heterocycles. The van der Waals surface area contributed by atoms with E-state index in [1.807, 2.05) is 0 Å². The molecule has 0 saturated carbocycles. The third-order valence-corrected chi connectivity index (χ3v) is 4.02. The molecule has 9 nitrogen and oxygen atoms in total. The third kappa shape index (κ3) is 4.01. The van der Waals surface area contributed by atoms with Crippen LogP contribution < -0.4 is 14.8 Å². The molecule has 2 heterocycles. The van der Waals surface area contributed by atoms with Gasteiger partial charge in [-0.15, -0.1) is 4.98 Å². The quantitative estimate of drug-likeness (QED) is 0.675. The van der Waals surface area contributed by atoms with Crippen molar-refractivity contribution in [3.63, 3.8) is 0 Å². The maximum Gasteiger partial charge on any atom is 0.322 e. The molecule has 1 N–H and O–H groups in total. The number of hydrogen-bond acceptors (Lipinski definition) is 9. The number of rotatable bonds is 6. The summed E-state index contributed by atoms with van der Waals surface area (Å²) in [6, 6.07) is 0.173. The number of aromatic nitrogens is 3. The van der Waals surface area contributed by atoms with Gasteiger partial charge in [-0.25, -0.2) is 0 Å². The fraction of sp³-hybridized carbons (Fsp3) is 0.455. The summed E-state index contributed by atoms with van der Waals surface area (Å²) in [5.41, 5.74) is 0. The second-order valence-corrected chi connectivity index (χ2v) is 5.65. The van der Waals surface area contributed by atoms with Crippen LogP contribution in [-0.2, 0) is 16.1 Å². The molecule has 0 aromatic carbocycles. The summed E-state index contributed by atoms with van der Waals surface area (Å²) in [5, 5.41) is 2.60. The average molecular weight is 343 g/mol. The topological polar surface area (TPSA) is 107 Å². The van der Waals surface area contributed by atoms with Gasteiger partial charge in [0.15, 0.2) is 5.82 Å². The van der Waals surface area contributed by atoms with Crippen LogP contribution >= 0.6 is 24.0 Å². The first-order valence-electron chi connectivity index (χ1n) is 6.10. The molecule has 1 fully saturated rings. The Bertz CT molecular complexity index is 574. The van der Waals surface area contributed by atoms with Crippen molar-refractivity contribution in [2.24, 2.45) is 0 Å². The summed E-state index contributed by atoms with van der Waals surface area (Å²) in [7, 11) is 2.82. The zero-order valence-electron chi connectivity index (χ0n) is 11.9. The lowest BCUT2D eigenvalue weighted by atomic mass is 10.4. The molecule has 1 aromatic rings. The summed E-state index contributed by atoms with van der Waals surface area (Å²) >= 11 is 6.24. The van der Waals surface area contributed by atoms with E-state index in [2.05, 4.69) is 20.3 Å². The number of hydrogen-bond donors (Lipinski definition) is 1. The van der Waals surface area contributed by atoms with E-state index in [0.29, 0.717) is 4.32 Å². The third-order valence-electron chi connectivity index (χ3n) is 2.59. The fourth-order valence-electron chi connectivity index (χ4n) is 1.55. The van der Waals surface area contributed by atoms with Gasteiger partial charge in [0.1, 0.15) is 10.9 Å². The Kier molecular flexibility index (Phi) is 5.44. The lowest BCUT2D eigenvalue weighted by Crippen LogP contribution is -2.39. The number of thioether (sulfide) groups is 1. The van der Waals surface area contributed by atoms with Crippen LogP contribution in [0.2, 0.25) is 0 Å². The molecular weight excluding hydrogens is 330 g/mol. The van der Waals surface area contributed by atoms with Crippen LogP contribution in [0.1, 0.15) is 5.82 Å². The van der Waals surface area contributed by atoms with Crippen molar-refractivity contribution >= 4 is 40.1 Å². The number of nitrogens with one attached hydrogen (secondary N) is 1. The fourth-order valence-corrected chi connectivity index (χ4v) is 2.62. The van der Waals surface area contributed by atoms with Crippen LogP contribution in [-0.4, -0.2) is 62.5 Å². The van der Waals surface area contributed by atoms with Crippen molar-refractivity contribution in [1.82, 2.24) is 25.2 Å². The first-order valence-corrected chi connectivity index (χ1v) is 7.49. The van der Waals surface area contributed by atoms with Crippen molar-refractivity contribution in [1.29, 1.82) is 0 Å². The van der Waals surface area contributed by atoms with Crippen LogP contribution in [0, 0.1) is 0 Å². The van der Waals surface area contributed by atoms with Crippen LogP contribution in [0.15, 0.2) is 0 Å². The van der Waals surface area contributed by atoms with Gasteiger partial charge in [0.25, 0.3) is 0 Å². The van der Waals surface area contributed by atoms with Crippen LogP contribution in [0.25, 0.3) is 0 Å². The lowest BCUT2D eigenvalue weighted by Gasteiger charge is -2.14. The zero-order valence-corrected chi connectivity index (χ0v) is 13.5. The average Bonchev–Trinajstić information content (AvgIpc) is 2.84. The minimum atomic E-state index is -0.364. The molecular formula is C11H13N5O4S2. The first kappa shape index (κ1) is 16.4. The first-order chi connectivity index (χ1) is 10.5. The minimum absolute atomic E-state index is 0.0516. The van der Waals surface area contributed by atoms with Gasteiger partial charge in [0.05, 0.1) is 26.5 Å². The molecule has 11 heteroatoms. The summed E-state index contributed by atoms with van der Waals surface area (Å²) in [6.07, 6.45) is 0. The van der Waals surface area contributed by atoms with E-state index < -0.39 is 0 Å². The number of methoxy groups -OCH3 is 2. The van der Waals surface area contributed by atoms with E-state index in [1.54, 1.807) is 0 Å². The molecule has 0 atom stereocenters. The predicted octanol–water partition coefficient (Wildman–Crippen LogP) is -0.635. The molecule has 2 rings (SSSR count). The number of carbonyl (C=O) groups excluding carboxylic acids is 2. The molecule has 1 saturated heterocycles. The van der Waals surface area contributed by atoms with E-state index in [1.165, 1.54) is 30.9 Å². The molecule has 22 heavy (non-hydrogen) atoms. The van der Waals surface area contributed by atoms with E-state index in [4.69, 9.17) is 21.7 Å². The van der Waals surface area contributed by atoms with E-state index in [-0.39, 0.29) is 48.5 Å². The van der Waals surface area contributed by atoms with Crippen molar-refractivity contribution in [2.45, 2.75) is 6.54 Å². The van der Waals surface area contributed by atoms with Crippen molar-refractivity contribution in [2.75, 3.05) is 26.5 Å². The largest absolute Gasteiger partial charge is 0.467 e. The number of ether oxygens (including phenoxy) is 2.